The molecule has 0 aromatic carbocycles. The van der Waals surface area contributed by atoms with Crippen molar-refractivity contribution in [2.24, 2.45) is 0 Å². The first-order valence-corrected chi connectivity index (χ1v) is 5.61. The third kappa shape index (κ3) is 3.44. The van der Waals surface area contributed by atoms with Crippen LogP contribution in [-0.4, -0.2) is 28.1 Å². The van der Waals surface area contributed by atoms with Gasteiger partial charge in [0.1, 0.15) is 6.20 Å². The molecule has 2 rings (SSSR count). The average molecular weight is 260 g/mol. The molecular weight excluding hydrogens is 248 g/mol. The van der Waals surface area contributed by atoms with Crippen molar-refractivity contribution in [1.82, 2.24) is 15.1 Å². The molecule has 0 aliphatic carbocycles. The summed E-state index contributed by atoms with van der Waals surface area (Å²) >= 11 is 0. The third-order valence-electron chi connectivity index (χ3n) is 2.44. The lowest BCUT2D eigenvalue weighted by Gasteiger charge is -2.01. The number of carboxylic acid groups (broad SMARTS) is 1. The first kappa shape index (κ1) is 12.9. The molecule has 2 heterocycles. The van der Waals surface area contributed by atoms with E-state index in [1.807, 2.05) is 0 Å². The van der Waals surface area contributed by atoms with Crippen molar-refractivity contribution >= 4 is 5.97 Å². The number of carbonyl (C=O) groups excluding carboxylic acids is 1. The van der Waals surface area contributed by atoms with E-state index in [1.165, 1.54) is 4.68 Å². The molecule has 0 fully saturated rings. The predicted octanol–water partition coefficient (Wildman–Crippen LogP) is -1.03. The molecular formula is C12H12N4O3. The van der Waals surface area contributed by atoms with Gasteiger partial charge in [-0.15, -0.1) is 0 Å². The van der Waals surface area contributed by atoms with Crippen LogP contribution < -0.4 is 14.5 Å². The monoisotopic (exact) mass is 260 g/mol. The van der Waals surface area contributed by atoms with Crippen molar-refractivity contribution < 1.29 is 19.3 Å². The lowest BCUT2D eigenvalue weighted by Crippen LogP contribution is -2.40. The maximum Gasteiger partial charge on any atom is 0.197 e. The van der Waals surface area contributed by atoms with Gasteiger partial charge in [-0.1, -0.05) is 4.68 Å². The normalized spacial score (nSPS) is 10.2. The summed E-state index contributed by atoms with van der Waals surface area (Å²) in [5, 5.41) is 14.4. The number of rotatable bonds is 5. The largest absolute Gasteiger partial charge is 0.550 e. The van der Waals surface area contributed by atoms with E-state index < -0.39 is 5.97 Å². The van der Waals surface area contributed by atoms with Gasteiger partial charge in [0, 0.05) is 24.0 Å². The molecule has 0 N–H and O–H groups in total. The molecule has 0 saturated carbocycles. The molecule has 2 aromatic rings. The van der Waals surface area contributed by atoms with Gasteiger partial charge < -0.3 is 14.6 Å². The van der Waals surface area contributed by atoms with Gasteiger partial charge in [-0.3, -0.25) is 0 Å². The minimum atomic E-state index is -1.10. The number of aryl methyl sites for hydroxylation is 1. The number of hydrogen-bond donors (Lipinski definition) is 0. The van der Waals surface area contributed by atoms with Crippen molar-refractivity contribution in [2.75, 3.05) is 7.11 Å². The Morgan fingerprint density at radius 1 is 1.37 bits per heavy atom. The lowest BCUT2D eigenvalue weighted by atomic mass is 10.3. The van der Waals surface area contributed by atoms with E-state index in [0.29, 0.717) is 11.6 Å². The Kier molecular flexibility index (Phi) is 3.97. The summed E-state index contributed by atoms with van der Waals surface area (Å²) in [4.78, 5) is 18.6. The maximum atomic E-state index is 10.3. The van der Waals surface area contributed by atoms with Gasteiger partial charge in [0.05, 0.1) is 19.5 Å². The van der Waals surface area contributed by atoms with Crippen molar-refractivity contribution in [3.63, 3.8) is 0 Å². The molecule has 7 heteroatoms. The van der Waals surface area contributed by atoms with E-state index in [-0.39, 0.29) is 13.0 Å². The summed E-state index contributed by atoms with van der Waals surface area (Å²) in [6, 6.07) is 1.77. The van der Waals surface area contributed by atoms with Crippen LogP contribution in [0.2, 0.25) is 0 Å². The zero-order valence-electron chi connectivity index (χ0n) is 10.3. The minimum Gasteiger partial charge on any atom is -0.550 e. The van der Waals surface area contributed by atoms with Crippen LogP contribution >= 0.6 is 0 Å². The molecule has 7 nitrogen and oxygen atoms in total. The highest BCUT2D eigenvalue weighted by Crippen LogP contribution is 2.13. The van der Waals surface area contributed by atoms with E-state index in [4.69, 9.17) is 4.74 Å². The Bertz CT molecular complexity index is 554. The molecule has 0 spiro atoms. The van der Waals surface area contributed by atoms with E-state index in [9.17, 15) is 9.90 Å². The molecule has 0 unspecified atom stereocenters. The second-order valence-corrected chi connectivity index (χ2v) is 3.75. The Labute approximate surface area is 109 Å². The maximum absolute atomic E-state index is 10.3. The number of aromatic nitrogens is 4. The minimum absolute atomic E-state index is 0.0734. The van der Waals surface area contributed by atoms with Gasteiger partial charge in [0.2, 0.25) is 0 Å². The number of aliphatic carboxylic acids is 1. The Hall–Kier alpha value is -2.57. The van der Waals surface area contributed by atoms with Crippen LogP contribution in [0.5, 0.6) is 5.75 Å². The first-order chi connectivity index (χ1) is 9.19. The summed E-state index contributed by atoms with van der Waals surface area (Å²) in [7, 11) is 1.54. The Morgan fingerprint density at radius 2 is 2.11 bits per heavy atom. The van der Waals surface area contributed by atoms with Crippen LogP contribution in [0.3, 0.4) is 0 Å². The molecule has 0 aliphatic rings. The fourth-order valence-electron chi connectivity index (χ4n) is 1.43. The van der Waals surface area contributed by atoms with Crippen LogP contribution in [0.25, 0.3) is 11.4 Å². The summed E-state index contributed by atoms with van der Waals surface area (Å²) in [6.07, 6.45) is 6.32. The quantitative estimate of drug-likeness (QED) is 0.639. The number of carbonyl (C=O) groups is 1. The molecule has 0 aliphatic heterocycles. The topological polar surface area (TPSA) is 91.9 Å². The molecule has 0 atom stereocenters. The first-order valence-electron chi connectivity index (χ1n) is 5.61. The Balaban J connectivity index is 2.10. The molecule has 98 valence electrons. The number of nitrogens with zero attached hydrogens (tertiary/aromatic N) is 4. The fraction of sp³-hybridized carbons (Fsp3) is 0.250. The predicted molar refractivity (Wildman–Crippen MR) is 61.6 cm³/mol. The highest BCUT2D eigenvalue weighted by molar-refractivity contribution is 5.63. The molecule has 0 radical (unpaired) electrons. The van der Waals surface area contributed by atoms with Crippen LogP contribution in [-0.2, 0) is 11.3 Å². The van der Waals surface area contributed by atoms with Crippen molar-refractivity contribution in [3.05, 3.63) is 30.9 Å². The smallest absolute Gasteiger partial charge is 0.197 e. The van der Waals surface area contributed by atoms with Gasteiger partial charge in [-0.2, -0.15) is 0 Å². The number of hydrogen-bond acceptors (Lipinski definition) is 6. The van der Waals surface area contributed by atoms with E-state index >= 15 is 0 Å². The van der Waals surface area contributed by atoms with Crippen LogP contribution in [0.1, 0.15) is 6.42 Å². The van der Waals surface area contributed by atoms with Gasteiger partial charge >= 0.3 is 0 Å². The van der Waals surface area contributed by atoms with Gasteiger partial charge in [0.25, 0.3) is 0 Å². The molecule has 19 heavy (non-hydrogen) atoms. The van der Waals surface area contributed by atoms with Crippen molar-refractivity contribution in [2.45, 2.75) is 13.0 Å². The second kappa shape index (κ2) is 5.85. The summed E-state index contributed by atoms with van der Waals surface area (Å²) in [6.45, 7) is 0.270. The van der Waals surface area contributed by atoms with Crippen LogP contribution in [0, 0.1) is 0 Å². The summed E-state index contributed by atoms with van der Waals surface area (Å²) < 4.78 is 6.49. The lowest BCUT2D eigenvalue weighted by molar-refractivity contribution is -0.753. The number of carboxylic acids is 1. The van der Waals surface area contributed by atoms with E-state index in [0.717, 1.165) is 5.56 Å². The average Bonchev–Trinajstić information content (AvgIpc) is 2.46. The zero-order chi connectivity index (χ0) is 13.7. The van der Waals surface area contributed by atoms with Crippen LogP contribution in [0.4, 0.5) is 0 Å². The van der Waals surface area contributed by atoms with E-state index in [2.05, 4.69) is 15.1 Å². The standard InChI is InChI=1S/C12H12N4O3/c1-19-10-7-13-12(14-8-10)9-2-4-16(15-6-9)5-3-11(17)18/h2,4,6-8H,3,5H2,1H3. The number of ether oxygens (including phenoxy) is 1. The number of methoxy groups -OCH3 is 1. The van der Waals surface area contributed by atoms with Gasteiger partial charge in [-0.25, -0.2) is 9.97 Å². The second-order valence-electron chi connectivity index (χ2n) is 3.75. The SMILES string of the molecule is COc1cnc(-c2cc[n+](CCC(=O)[O-])nc2)nc1. The molecule has 0 amide bonds. The highest BCUT2D eigenvalue weighted by atomic mass is 16.5. The van der Waals surface area contributed by atoms with Gasteiger partial charge in [0.15, 0.2) is 24.3 Å². The fourth-order valence-corrected chi connectivity index (χ4v) is 1.43. The summed E-state index contributed by atoms with van der Waals surface area (Å²) in [5.74, 6) is 0.00822. The molecule has 2 aromatic heterocycles. The van der Waals surface area contributed by atoms with E-state index in [1.54, 1.807) is 38.0 Å². The van der Waals surface area contributed by atoms with Gasteiger partial charge in [-0.05, 0) is 5.10 Å². The Morgan fingerprint density at radius 3 is 2.63 bits per heavy atom. The third-order valence-corrected chi connectivity index (χ3v) is 2.44. The summed E-state index contributed by atoms with van der Waals surface area (Å²) in [5.41, 5.74) is 0.743. The van der Waals surface area contributed by atoms with Crippen molar-refractivity contribution in [3.8, 4) is 17.1 Å². The molecule has 0 bridgehead atoms. The zero-order valence-corrected chi connectivity index (χ0v) is 10.3. The molecule has 0 saturated heterocycles. The van der Waals surface area contributed by atoms with Crippen molar-refractivity contribution in [1.29, 1.82) is 0 Å². The van der Waals surface area contributed by atoms with Crippen LogP contribution in [0.15, 0.2) is 30.9 Å². The highest BCUT2D eigenvalue weighted by Gasteiger charge is 2.07.